The molecule has 0 bridgehead atoms. The summed E-state index contributed by atoms with van der Waals surface area (Å²) >= 11 is 0. The fourth-order valence-electron chi connectivity index (χ4n) is 0.237. The molecule has 0 aliphatic rings. The minimum atomic E-state index is -1.89. The minimum Gasteiger partial charge on any atom is -0.353 e. The van der Waals surface area contributed by atoms with Crippen molar-refractivity contribution in [2.24, 2.45) is 0 Å². The van der Waals surface area contributed by atoms with Crippen molar-refractivity contribution in [3.8, 4) is 0 Å². The van der Waals surface area contributed by atoms with Crippen LogP contribution in [0.15, 0.2) is 12.7 Å². The van der Waals surface area contributed by atoms with E-state index in [-0.39, 0.29) is 6.54 Å². The first-order valence-corrected chi connectivity index (χ1v) is 2.30. The Bertz CT molecular complexity index is 75.0. The van der Waals surface area contributed by atoms with Gasteiger partial charge in [0, 0.05) is 13.5 Å². The Morgan fingerprint density at radius 1 is 1.75 bits per heavy atom. The topological polar surface area (TPSA) is 54.6 Å². The Kier molecular flexibility index (Phi) is 2.68. The van der Waals surface area contributed by atoms with Crippen LogP contribution in [0.25, 0.3) is 0 Å². The van der Waals surface area contributed by atoms with Crippen LogP contribution >= 0.6 is 0 Å². The highest BCUT2D eigenvalue weighted by atomic mass is 16.5. The van der Waals surface area contributed by atoms with Crippen LogP contribution in [0.2, 0.25) is 0 Å². The van der Waals surface area contributed by atoms with E-state index >= 15 is 0 Å². The maximum Gasteiger partial charge on any atom is 0.235 e. The van der Waals surface area contributed by atoms with Gasteiger partial charge in [0.15, 0.2) is 0 Å². The van der Waals surface area contributed by atoms with Crippen LogP contribution in [0.3, 0.4) is 0 Å². The van der Waals surface area contributed by atoms with E-state index in [1.54, 1.807) is 0 Å². The molecule has 0 amide bonds. The van der Waals surface area contributed by atoms with Gasteiger partial charge in [-0.05, 0) is 0 Å². The molecule has 0 rings (SSSR count). The fraction of sp³-hybridized carbons (Fsp3) is 0.600. The molecule has 3 heteroatoms. The van der Waals surface area contributed by atoms with E-state index in [0.717, 1.165) is 0 Å². The van der Waals surface area contributed by atoms with Crippen LogP contribution in [0.5, 0.6) is 0 Å². The molecule has 0 saturated heterocycles. The molecule has 0 aromatic carbocycles. The quantitative estimate of drug-likeness (QED) is 0.383. The number of hydrogen-bond donors (Lipinski definition) is 2. The summed E-state index contributed by atoms with van der Waals surface area (Å²) in [4.78, 5) is 0. The van der Waals surface area contributed by atoms with Gasteiger partial charge < -0.3 is 10.2 Å². The second-order valence-corrected chi connectivity index (χ2v) is 1.60. The standard InChI is InChI=1S/C5H10NO2/c1-3-4-6-5(2,7)8/h3,7-8H,1,4H2,2H3. The van der Waals surface area contributed by atoms with Gasteiger partial charge in [0.05, 0.1) is 0 Å². The van der Waals surface area contributed by atoms with E-state index in [9.17, 15) is 0 Å². The molecular weight excluding hydrogens is 106 g/mol. The lowest BCUT2D eigenvalue weighted by Gasteiger charge is -2.12. The van der Waals surface area contributed by atoms with Crippen LogP contribution in [0, 0.1) is 0 Å². The monoisotopic (exact) mass is 116 g/mol. The van der Waals surface area contributed by atoms with Crippen molar-refractivity contribution in [1.29, 1.82) is 0 Å². The number of rotatable bonds is 3. The van der Waals surface area contributed by atoms with Crippen LogP contribution in [-0.4, -0.2) is 22.7 Å². The Hall–Kier alpha value is -0.380. The first-order valence-electron chi connectivity index (χ1n) is 2.30. The van der Waals surface area contributed by atoms with Crippen LogP contribution in [0.4, 0.5) is 0 Å². The third-order valence-electron chi connectivity index (χ3n) is 0.520. The SMILES string of the molecule is C=CC[N]C(C)(O)O. The van der Waals surface area contributed by atoms with E-state index in [0.29, 0.717) is 0 Å². The van der Waals surface area contributed by atoms with Gasteiger partial charge in [0.2, 0.25) is 5.91 Å². The summed E-state index contributed by atoms with van der Waals surface area (Å²) < 4.78 is 0. The second-order valence-electron chi connectivity index (χ2n) is 1.60. The smallest absolute Gasteiger partial charge is 0.235 e. The van der Waals surface area contributed by atoms with Crippen molar-refractivity contribution in [3.63, 3.8) is 0 Å². The van der Waals surface area contributed by atoms with Gasteiger partial charge in [-0.3, -0.25) is 0 Å². The summed E-state index contributed by atoms with van der Waals surface area (Å²) in [6, 6.07) is 0. The predicted molar refractivity (Wildman–Crippen MR) is 30.0 cm³/mol. The lowest BCUT2D eigenvalue weighted by molar-refractivity contribution is -0.170. The molecule has 8 heavy (non-hydrogen) atoms. The van der Waals surface area contributed by atoms with Crippen molar-refractivity contribution in [2.75, 3.05) is 6.54 Å². The molecule has 0 unspecified atom stereocenters. The lowest BCUT2D eigenvalue weighted by atomic mass is 10.5. The molecule has 2 N–H and O–H groups in total. The number of nitrogens with zero attached hydrogens (tertiary/aromatic N) is 1. The van der Waals surface area contributed by atoms with Crippen LogP contribution in [0.1, 0.15) is 6.92 Å². The Morgan fingerprint density at radius 3 is 2.38 bits per heavy atom. The van der Waals surface area contributed by atoms with Crippen LogP contribution in [-0.2, 0) is 0 Å². The summed E-state index contributed by atoms with van der Waals surface area (Å²) in [5.74, 6) is -1.89. The average molecular weight is 116 g/mol. The molecule has 0 heterocycles. The summed E-state index contributed by atoms with van der Waals surface area (Å²) in [6.07, 6.45) is 1.49. The van der Waals surface area contributed by atoms with E-state index < -0.39 is 5.91 Å². The highest BCUT2D eigenvalue weighted by Crippen LogP contribution is 1.89. The molecular formula is C5H10NO2. The molecule has 0 aromatic heterocycles. The van der Waals surface area contributed by atoms with Crippen molar-refractivity contribution in [3.05, 3.63) is 12.7 Å². The van der Waals surface area contributed by atoms with Gasteiger partial charge in [-0.1, -0.05) is 6.08 Å². The summed E-state index contributed by atoms with van der Waals surface area (Å²) in [5.41, 5.74) is 0. The normalized spacial score (nSPS) is 11.4. The fourth-order valence-corrected chi connectivity index (χ4v) is 0.237. The number of aliphatic hydroxyl groups is 2. The van der Waals surface area contributed by atoms with Crippen molar-refractivity contribution in [1.82, 2.24) is 5.32 Å². The molecule has 0 spiro atoms. The zero-order valence-corrected chi connectivity index (χ0v) is 4.83. The lowest BCUT2D eigenvalue weighted by Crippen LogP contribution is -2.35. The summed E-state index contributed by atoms with van der Waals surface area (Å²) in [7, 11) is 0. The van der Waals surface area contributed by atoms with Crippen molar-refractivity contribution < 1.29 is 10.2 Å². The van der Waals surface area contributed by atoms with Crippen LogP contribution < -0.4 is 5.32 Å². The molecule has 0 saturated carbocycles. The van der Waals surface area contributed by atoms with E-state index in [4.69, 9.17) is 10.2 Å². The summed E-state index contributed by atoms with van der Waals surface area (Å²) in [6.45, 7) is 4.81. The maximum atomic E-state index is 8.49. The van der Waals surface area contributed by atoms with Crippen molar-refractivity contribution >= 4 is 0 Å². The largest absolute Gasteiger partial charge is 0.353 e. The Balaban J connectivity index is 3.24. The van der Waals surface area contributed by atoms with Gasteiger partial charge in [-0.25, -0.2) is 0 Å². The Labute approximate surface area is 48.6 Å². The first kappa shape index (κ1) is 7.62. The number of hydrogen-bond acceptors (Lipinski definition) is 2. The maximum absolute atomic E-state index is 8.49. The second kappa shape index (κ2) is 2.81. The molecule has 0 aliphatic carbocycles. The molecule has 0 atom stereocenters. The van der Waals surface area contributed by atoms with E-state index in [1.165, 1.54) is 13.0 Å². The molecule has 0 aliphatic heterocycles. The molecule has 1 radical (unpaired) electrons. The van der Waals surface area contributed by atoms with Gasteiger partial charge >= 0.3 is 0 Å². The zero-order valence-electron chi connectivity index (χ0n) is 4.83. The highest BCUT2D eigenvalue weighted by molar-refractivity contribution is 4.70. The highest BCUT2D eigenvalue weighted by Gasteiger charge is 2.12. The zero-order chi connectivity index (χ0) is 6.62. The van der Waals surface area contributed by atoms with E-state index in [2.05, 4.69) is 11.9 Å². The third-order valence-corrected chi connectivity index (χ3v) is 0.520. The van der Waals surface area contributed by atoms with Gasteiger partial charge in [0.25, 0.3) is 0 Å². The Morgan fingerprint density at radius 2 is 2.25 bits per heavy atom. The minimum absolute atomic E-state index is 0.267. The van der Waals surface area contributed by atoms with E-state index in [1.807, 2.05) is 0 Å². The first-order chi connectivity index (χ1) is 3.56. The van der Waals surface area contributed by atoms with Gasteiger partial charge in [-0.2, -0.15) is 5.32 Å². The molecule has 0 aromatic rings. The third kappa shape index (κ3) is 5.62. The predicted octanol–water partition coefficient (Wildman–Crippen LogP) is -0.565. The molecule has 0 fully saturated rings. The summed E-state index contributed by atoms with van der Waals surface area (Å²) in [5, 5.41) is 20.3. The van der Waals surface area contributed by atoms with Gasteiger partial charge in [-0.15, -0.1) is 6.58 Å². The molecule has 3 nitrogen and oxygen atoms in total. The van der Waals surface area contributed by atoms with Crippen molar-refractivity contribution in [2.45, 2.75) is 12.8 Å². The van der Waals surface area contributed by atoms with Gasteiger partial charge in [0.1, 0.15) is 0 Å². The molecule has 47 valence electrons. The average Bonchev–Trinajstić information content (AvgIpc) is 1.59.